The number of fused-ring (bicyclic) bond motifs is 2. The van der Waals surface area contributed by atoms with Gasteiger partial charge in [0.1, 0.15) is 0 Å². The molecule has 4 aromatic carbocycles. The first-order chi connectivity index (χ1) is 30.6. The van der Waals surface area contributed by atoms with Crippen LogP contribution in [0, 0.1) is 6.92 Å². The van der Waals surface area contributed by atoms with E-state index in [1.165, 1.54) is 59.9 Å². The smallest absolute Gasteiger partial charge is 0.0537 e. The molecular formula is C59H74N4. The van der Waals surface area contributed by atoms with Crippen molar-refractivity contribution in [1.82, 2.24) is 14.8 Å². The molecule has 63 heavy (non-hydrogen) atoms. The summed E-state index contributed by atoms with van der Waals surface area (Å²) in [4.78, 5) is 2.25. The van der Waals surface area contributed by atoms with Gasteiger partial charge in [-0.25, -0.2) is 0 Å². The highest BCUT2D eigenvalue weighted by atomic mass is 15.1. The van der Waals surface area contributed by atoms with Gasteiger partial charge in [-0.1, -0.05) is 173 Å². The van der Waals surface area contributed by atoms with Gasteiger partial charge in [-0.15, -0.1) is 0 Å². The van der Waals surface area contributed by atoms with Crippen molar-refractivity contribution in [1.29, 1.82) is 0 Å². The van der Waals surface area contributed by atoms with Crippen LogP contribution in [0.25, 0.3) is 47.0 Å². The highest BCUT2D eigenvalue weighted by molar-refractivity contribution is 5.93. The summed E-state index contributed by atoms with van der Waals surface area (Å²) in [5, 5.41) is 13.1. The molecule has 0 spiro atoms. The van der Waals surface area contributed by atoms with Crippen molar-refractivity contribution in [3.63, 3.8) is 0 Å². The van der Waals surface area contributed by atoms with Crippen LogP contribution in [0.4, 0.5) is 5.69 Å². The number of likely N-dealkylation sites (N-methyl/N-ethyl adjacent to an activating group) is 2. The maximum absolute atomic E-state index is 4.16. The lowest BCUT2D eigenvalue weighted by Crippen LogP contribution is -2.26. The number of benzene rings is 4. The Bertz CT molecular complexity index is 2660. The molecule has 1 aliphatic carbocycles. The van der Waals surface area contributed by atoms with Gasteiger partial charge in [-0.3, -0.25) is 0 Å². The molecule has 0 radical (unpaired) electrons. The van der Waals surface area contributed by atoms with E-state index in [1.54, 1.807) is 0 Å². The molecule has 1 aromatic heterocycles. The monoisotopic (exact) mass is 839 g/mol. The molecule has 4 heteroatoms. The fourth-order valence-electron chi connectivity index (χ4n) is 7.02. The van der Waals surface area contributed by atoms with Gasteiger partial charge in [0, 0.05) is 65.5 Å². The molecule has 0 aliphatic heterocycles. The van der Waals surface area contributed by atoms with Crippen molar-refractivity contribution in [3.05, 3.63) is 207 Å². The highest BCUT2D eigenvalue weighted by Gasteiger charge is 2.15. The molecule has 0 fully saturated rings. The summed E-state index contributed by atoms with van der Waals surface area (Å²) in [5.41, 5.74) is 10.6. The summed E-state index contributed by atoms with van der Waals surface area (Å²) in [5.74, 6) is 0. The molecule has 1 unspecified atom stereocenters. The summed E-state index contributed by atoms with van der Waals surface area (Å²) in [6.45, 7) is 25.6. The Hall–Kier alpha value is -6.36. The van der Waals surface area contributed by atoms with E-state index in [4.69, 9.17) is 0 Å². The van der Waals surface area contributed by atoms with Crippen LogP contribution in [-0.2, 0) is 0 Å². The number of hydrogen-bond donors (Lipinski definition) is 2. The highest BCUT2D eigenvalue weighted by Crippen LogP contribution is 2.32. The van der Waals surface area contributed by atoms with Crippen LogP contribution in [0.3, 0.4) is 0 Å². The molecule has 0 bridgehead atoms. The molecule has 5 aromatic rings. The number of nitrogens with zero attached hydrogens (tertiary/aromatic N) is 2. The van der Waals surface area contributed by atoms with Crippen molar-refractivity contribution < 1.29 is 0 Å². The minimum atomic E-state index is 0.427. The van der Waals surface area contributed by atoms with Crippen LogP contribution in [0.15, 0.2) is 175 Å². The molecule has 0 saturated heterocycles. The van der Waals surface area contributed by atoms with Crippen molar-refractivity contribution in [3.8, 4) is 5.69 Å². The Morgan fingerprint density at radius 3 is 2.06 bits per heavy atom. The van der Waals surface area contributed by atoms with Crippen LogP contribution >= 0.6 is 0 Å². The Balaban J connectivity index is 0.000000472. The lowest BCUT2D eigenvalue weighted by Gasteiger charge is -2.18. The second-order valence-electron chi connectivity index (χ2n) is 14.9. The summed E-state index contributed by atoms with van der Waals surface area (Å²) >= 11 is 0. The third kappa shape index (κ3) is 15.2. The lowest BCUT2D eigenvalue weighted by molar-refractivity contribution is 0.495. The number of nitrogens with one attached hydrogen (secondary N) is 2. The molecule has 0 saturated carbocycles. The van der Waals surface area contributed by atoms with E-state index in [-0.39, 0.29) is 0 Å². The standard InChI is InChI=1S/C41H39N3.C14H23N.2C2H6/c1-5-31-13-7-8-16-34(31)27-28-43(4)37(6-2)29-40-30(3)44(41-18-12-11-17-39(40)41)38-25-23-36(24-26-38)42-35-21-19-32-14-9-10-15-33(32)20-22-35;1-6-12(2)9-7-8-10-13(3)11-14(4)15-5;2*1-2/h5-21,23-27,29,42H,2,22,28H2,1,3-4H3;6-11,14-15H,1-5H3;2*1-2H3/b31-5-,34-27-,37-29+;9-7-,10-8-,12-6+,13-11+;;. The summed E-state index contributed by atoms with van der Waals surface area (Å²) in [6, 6.07) is 34.8. The first kappa shape index (κ1) is 51.0. The van der Waals surface area contributed by atoms with Crippen molar-refractivity contribution in [2.75, 3.05) is 26.0 Å². The Morgan fingerprint density at radius 2 is 1.41 bits per heavy atom. The van der Waals surface area contributed by atoms with E-state index in [9.17, 15) is 0 Å². The zero-order chi connectivity index (χ0) is 46.1. The molecule has 6 rings (SSSR count). The van der Waals surface area contributed by atoms with E-state index in [0.29, 0.717) is 6.04 Å². The van der Waals surface area contributed by atoms with Crippen molar-refractivity contribution in [2.24, 2.45) is 0 Å². The number of rotatable bonds is 13. The fraction of sp³-hybridized carbons (Fsp3) is 0.254. The number of hydrogen-bond acceptors (Lipinski definition) is 3. The van der Waals surface area contributed by atoms with Gasteiger partial charge in [0.15, 0.2) is 0 Å². The normalized spacial score (nSPS) is 13.8. The minimum Gasteiger partial charge on any atom is -0.371 e. The van der Waals surface area contributed by atoms with Gasteiger partial charge in [0.2, 0.25) is 0 Å². The van der Waals surface area contributed by atoms with Gasteiger partial charge in [0.05, 0.1) is 5.52 Å². The third-order valence-corrected chi connectivity index (χ3v) is 10.7. The summed E-state index contributed by atoms with van der Waals surface area (Å²) in [6.07, 6.45) is 28.8. The van der Waals surface area contributed by atoms with Crippen LogP contribution in [0.2, 0.25) is 0 Å². The van der Waals surface area contributed by atoms with Crippen LogP contribution in [0.1, 0.15) is 80.0 Å². The zero-order valence-electron chi connectivity index (χ0n) is 40.3. The van der Waals surface area contributed by atoms with E-state index in [2.05, 4.69) is 238 Å². The van der Waals surface area contributed by atoms with Crippen LogP contribution in [0.5, 0.6) is 0 Å². The number of aromatic nitrogens is 1. The van der Waals surface area contributed by atoms with E-state index < -0.39 is 0 Å². The zero-order valence-corrected chi connectivity index (χ0v) is 40.3. The Kier molecular flexibility index (Phi) is 22.3. The minimum absolute atomic E-state index is 0.427. The van der Waals surface area contributed by atoms with E-state index >= 15 is 0 Å². The van der Waals surface area contributed by atoms with Crippen molar-refractivity contribution >= 4 is 47.0 Å². The second kappa shape index (κ2) is 27.6. The van der Waals surface area contributed by atoms with Crippen LogP contribution in [-0.4, -0.2) is 36.1 Å². The Labute approximate surface area is 380 Å². The maximum Gasteiger partial charge on any atom is 0.0537 e. The molecule has 1 atom stereocenters. The van der Waals surface area contributed by atoms with Gasteiger partial charge < -0.3 is 20.1 Å². The SMILES string of the molecule is C/C=C(C)/C=C\C=C/C(C)=C/C(C)NC.C=C/C(=C\c1c(C)n(-c2ccc(NC3=CC=c4ccccc4=CC3)cc2)c2ccccc12)N(C)C/C=c1/cccc/c1=C/C.CC.CC. The van der Waals surface area contributed by atoms with Gasteiger partial charge in [-0.2, -0.15) is 0 Å². The maximum atomic E-state index is 4.16. The Morgan fingerprint density at radius 1 is 0.794 bits per heavy atom. The predicted octanol–water partition coefficient (Wildman–Crippen LogP) is 12.3. The van der Waals surface area contributed by atoms with Gasteiger partial charge >= 0.3 is 0 Å². The molecule has 0 amide bonds. The molecule has 1 aliphatic rings. The third-order valence-electron chi connectivity index (χ3n) is 10.7. The largest absolute Gasteiger partial charge is 0.371 e. The number of allylic oxidation sites excluding steroid dienone is 10. The average Bonchev–Trinajstić information content (AvgIpc) is 3.44. The summed E-state index contributed by atoms with van der Waals surface area (Å²) < 4.78 is 2.36. The van der Waals surface area contributed by atoms with E-state index in [0.717, 1.165) is 30.0 Å². The van der Waals surface area contributed by atoms with Gasteiger partial charge in [-0.05, 0) is 118 Å². The van der Waals surface area contributed by atoms with Crippen LogP contribution < -0.4 is 31.5 Å². The molecular weight excluding hydrogens is 765 g/mol. The molecule has 4 nitrogen and oxygen atoms in total. The van der Waals surface area contributed by atoms with Gasteiger partial charge in [0.25, 0.3) is 0 Å². The first-order valence-corrected chi connectivity index (χ1v) is 22.7. The topological polar surface area (TPSA) is 32.2 Å². The second-order valence-corrected chi connectivity index (χ2v) is 14.9. The lowest BCUT2D eigenvalue weighted by atomic mass is 10.1. The molecule has 330 valence electrons. The quantitative estimate of drug-likeness (QED) is 0.116. The average molecular weight is 839 g/mol. The molecule has 2 N–H and O–H groups in total. The number of para-hydroxylation sites is 1. The van der Waals surface area contributed by atoms with E-state index in [1.807, 2.05) is 47.7 Å². The fourth-order valence-corrected chi connectivity index (χ4v) is 7.02. The van der Waals surface area contributed by atoms with Crippen molar-refractivity contribution in [2.45, 2.75) is 81.7 Å². The first-order valence-electron chi connectivity index (χ1n) is 22.7. The number of anilines is 1. The summed E-state index contributed by atoms with van der Waals surface area (Å²) in [7, 11) is 4.09. The predicted molar refractivity (Wildman–Crippen MR) is 283 cm³/mol. The molecule has 1 heterocycles.